The average Bonchev–Trinajstić information content (AvgIpc) is 2.18. The van der Waals surface area contributed by atoms with E-state index in [0.29, 0.717) is 6.42 Å². The van der Waals surface area contributed by atoms with Crippen LogP contribution in [0.5, 0.6) is 0 Å². The third-order valence-electron chi connectivity index (χ3n) is 2.09. The van der Waals surface area contributed by atoms with Crippen molar-refractivity contribution in [3.63, 3.8) is 0 Å². The molecular weight excluding hydrogens is 156 g/mol. The Balaban J connectivity index is 2.73. The van der Waals surface area contributed by atoms with Gasteiger partial charge < -0.3 is 14.6 Å². The van der Waals surface area contributed by atoms with E-state index in [-0.39, 0.29) is 6.61 Å². The molecule has 0 saturated carbocycles. The van der Waals surface area contributed by atoms with Crippen LogP contribution in [-0.4, -0.2) is 31.5 Å². The van der Waals surface area contributed by atoms with E-state index in [4.69, 9.17) is 14.6 Å². The Kier molecular flexibility index (Phi) is 2.89. The molecule has 3 heteroatoms. The number of aliphatic hydroxyl groups excluding tert-OH is 1. The van der Waals surface area contributed by atoms with E-state index in [9.17, 15) is 0 Å². The van der Waals surface area contributed by atoms with Crippen LogP contribution in [-0.2, 0) is 9.47 Å². The fourth-order valence-corrected chi connectivity index (χ4v) is 1.20. The number of rotatable bonds is 3. The van der Waals surface area contributed by atoms with Crippen molar-refractivity contribution >= 4 is 0 Å². The van der Waals surface area contributed by atoms with Gasteiger partial charge in [-0.3, -0.25) is 0 Å². The monoisotopic (exact) mass is 170 g/mol. The molecule has 0 fully saturated rings. The summed E-state index contributed by atoms with van der Waals surface area (Å²) in [5.41, 5.74) is -0.583. The molecule has 0 saturated heterocycles. The topological polar surface area (TPSA) is 38.7 Å². The van der Waals surface area contributed by atoms with Gasteiger partial charge in [-0.2, -0.15) is 0 Å². The van der Waals surface area contributed by atoms with Gasteiger partial charge in [0.25, 0.3) is 0 Å². The van der Waals surface area contributed by atoms with Crippen molar-refractivity contribution in [3.05, 3.63) is 24.0 Å². The molecule has 1 rings (SSSR count). The van der Waals surface area contributed by atoms with Crippen molar-refractivity contribution < 1.29 is 14.6 Å². The Hall–Kier alpha value is -0.800. The molecule has 0 aromatic carbocycles. The Morgan fingerprint density at radius 1 is 1.58 bits per heavy atom. The van der Waals surface area contributed by atoms with Gasteiger partial charge in [-0.15, -0.1) is 0 Å². The van der Waals surface area contributed by atoms with Crippen molar-refractivity contribution in [2.45, 2.75) is 12.0 Å². The zero-order chi connectivity index (χ0) is 9.03. The molecule has 1 unspecified atom stereocenters. The lowest BCUT2D eigenvalue weighted by Gasteiger charge is -2.29. The van der Waals surface area contributed by atoms with Crippen LogP contribution in [0.2, 0.25) is 0 Å². The highest BCUT2D eigenvalue weighted by Crippen LogP contribution is 2.25. The summed E-state index contributed by atoms with van der Waals surface area (Å²) in [6, 6.07) is 0. The maximum absolute atomic E-state index is 9.10. The van der Waals surface area contributed by atoms with Gasteiger partial charge in [0.15, 0.2) is 0 Å². The Bertz CT molecular complexity index is 202. The Labute approximate surface area is 72.3 Å². The van der Waals surface area contributed by atoms with Gasteiger partial charge in [0, 0.05) is 13.5 Å². The van der Waals surface area contributed by atoms with Crippen LogP contribution >= 0.6 is 0 Å². The van der Waals surface area contributed by atoms with Crippen molar-refractivity contribution in [2.24, 2.45) is 0 Å². The SMILES string of the molecule is COC1=CC=CC(CO)(OC)C1. The molecule has 0 aromatic rings. The highest BCUT2D eigenvalue weighted by atomic mass is 16.5. The number of ether oxygens (including phenoxy) is 2. The second-order valence-electron chi connectivity index (χ2n) is 2.80. The molecule has 0 heterocycles. The molecule has 0 spiro atoms. The van der Waals surface area contributed by atoms with Crippen LogP contribution in [0.3, 0.4) is 0 Å². The number of hydrogen-bond donors (Lipinski definition) is 1. The molecule has 0 amide bonds. The van der Waals surface area contributed by atoms with Gasteiger partial charge in [-0.1, -0.05) is 6.08 Å². The van der Waals surface area contributed by atoms with Crippen LogP contribution in [0.25, 0.3) is 0 Å². The molecule has 1 aliphatic rings. The summed E-state index contributed by atoms with van der Waals surface area (Å²) in [7, 11) is 3.20. The van der Waals surface area contributed by atoms with Crippen molar-refractivity contribution in [1.29, 1.82) is 0 Å². The van der Waals surface area contributed by atoms with E-state index in [1.165, 1.54) is 0 Å². The molecule has 0 bridgehead atoms. The maximum atomic E-state index is 9.10. The van der Waals surface area contributed by atoms with Gasteiger partial charge in [0.2, 0.25) is 0 Å². The predicted octanol–water partition coefficient (Wildman–Crippen LogP) is 0.854. The van der Waals surface area contributed by atoms with Gasteiger partial charge in [0.05, 0.1) is 19.5 Å². The van der Waals surface area contributed by atoms with Crippen LogP contribution in [0, 0.1) is 0 Å². The molecule has 1 atom stereocenters. The second kappa shape index (κ2) is 3.74. The van der Waals surface area contributed by atoms with E-state index >= 15 is 0 Å². The molecular formula is C9H14O3. The molecule has 1 aliphatic carbocycles. The summed E-state index contributed by atoms with van der Waals surface area (Å²) in [6.45, 7) is -0.0271. The molecule has 68 valence electrons. The van der Waals surface area contributed by atoms with E-state index in [2.05, 4.69) is 0 Å². The highest BCUT2D eigenvalue weighted by Gasteiger charge is 2.29. The van der Waals surface area contributed by atoms with Crippen molar-refractivity contribution in [3.8, 4) is 0 Å². The first-order valence-electron chi connectivity index (χ1n) is 3.85. The smallest absolute Gasteiger partial charge is 0.116 e. The van der Waals surface area contributed by atoms with E-state index < -0.39 is 5.60 Å². The third-order valence-corrected chi connectivity index (χ3v) is 2.09. The van der Waals surface area contributed by atoms with Gasteiger partial charge in [-0.05, 0) is 12.2 Å². The van der Waals surface area contributed by atoms with Crippen molar-refractivity contribution in [2.75, 3.05) is 20.8 Å². The van der Waals surface area contributed by atoms with E-state index in [1.807, 2.05) is 18.2 Å². The first-order valence-corrected chi connectivity index (χ1v) is 3.85. The molecule has 0 aromatic heterocycles. The number of hydrogen-bond acceptors (Lipinski definition) is 3. The molecule has 3 nitrogen and oxygen atoms in total. The zero-order valence-electron chi connectivity index (χ0n) is 7.41. The molecule has 0 aliphatic heterocycles. The summed E-state index contributed by atoms with van der Waals surface area (Å²) < 4.78 is 10.3. The Morgan fingerprint density at radius 2 is 2.33 bits per heavy atom. The lowest BCUT2D eigenvalue weighted by molar-refractivity contribution is -0.0228. The van der Waals surface area contributed by atoms with E-state index in [1.54, 1.807) is 14.2 Å². The summed E-state index contributed by atoms with van der Waals surface area (Å²) >= 11 is 0. The van der Waals surface area contributed by atoms with Crippen molar-refractivity contribution in [1.82, 2.24) is 0 Å². The number of allylic oxidation sites excluding steroid dienone is 2. The largest absolute Gasteiger partial charge is 0.501 e. The second-order valence-corrected chi connectivity index (χ2v) is 2.80. The third kappa shape index (κ3) is 1.68. The van der Waals surface area contributed by atoms with Crippen LogP contribution < -0.4 is 0 Å². The minimum Gasteiger partial charge on any atom is -0.501 e. The normalized spacial score (nSPS) is 28.4. The highest BCUT2D eigenvalue weighted by molar-refractivity contribution is 5.22. The fraction of sp³-hybridized carbons (Fsp3) is 0.556. The van der Waals surface area contributed by atoms with E-state index in [0.717, 1.165) is 5.76 Å². The zero-order valence-corrected chi connectivity index (χ0v) is 7.41. The average molecular weight is 170 g/mol. The summed E-state index contributed by atoms with van der Waals surface area (Å²) in [4.78, 5) is 0. The summed E-state index contributed by atoms with van der Waals surface area (Å²) in [5.74, 6) is 0.827. The lowest BCUT2D eigenvalue weighted by atomic mass is 9.95. The predicted molar refractivity (Wildman–Crippen MR) is 45.7 cm³/mol. The first kappa shape index (κ1) is 9.29. The molecule has 12 heavy (non-hydrogen) atoms. The standard InChI is InChI=1S/C9H14O3/c1-11-8-4-3-5-9(6-8,7-10)12-2/h3-5,10H,6-7H2,1-2H3. The van der Waals surface area contributed by atoms with Gasteiger partial charge in [-0.25, -0.2) is 0 Å². The first-order chi connectivity index (χ1) is 5.76. The molecule has 1 N–H and O–H groups in total. The minimum atomic E-state index is -0.583. The van der Waals surface area contributed by atoms with Gasteiger partial charge >= 0.3 is 0 Å². The lowest BCUT2D eigenvalue weighted by Crippen LogP contribution is -2.35. The van der Waals surface area contributed by atoms with Crippen LogP contribution in [0.1, 0.15) is 6.42 Å². The summed E-state index contributed by atoms with van der Waals surface area (Å²) in [5, 5.41) is 9.10. The number of methoxy groups -OCH3 is 2. The molecule has 0 radical (unpaired) electrons. The summed E-state index contributed by atoms with van der Waals surface area (Å²) in [6.07, 6.45) is 6.14. The fourth-order valence-electron chi connectivity index (χ4n) is 1.20. The number of aliphatic hydroxyl groups is 1. The maximum Gasteiger partial charge on any atom is 0.116 e. The van der Waals surface area contributed by atoms with Gasteiger partial charge in [0.1, 0.15) is 5.60 Å². The van der Waals surface area contributed by atoms with Crippen LogP contribution in [0.4, 0.5) is 0 Å². The quantitative estimate of drug-likeness (QED) is 0.682. The Morgan fingerprint density at radius 3 is 2.83 bits per heavy atom. The minimum absolute atomic E-state index is 0.0271. The van der Waals surface area contributed by atoms with Crippen LogP contribution in [0.15, 0.2) is 24.0 Å².